The zero-order chi connectivity index (χ0) is 15.4. The molecule has 0 spiro atoms. The van der Waals surface area contributed by atoms with E-state index in [-0.39, 0.29) is 11.9 Å². The smallest absolute Gasteiger partial charge is 0.250 e. The quantitative estimate of drug-likeness (QED) is 0.726. The molecule has 6 nitrogen and oxygen atoms in total. The molecule has 22 heavy (non-hydrogen) atoms. The van der Waals surface area contributed by atoms with Crippen LogP contribution >= 0.6 is 11.3 Å². The van der Waals surface area contributed by atoms with Gasteiger partial charge < -0.3 is 0 Å². The zero-order valence-electron chi connectivity index (χ0n) is 11.8. The summed E-state index contributed by atoms with van der Waals surface area (Å²) in [6, 6.07) is 5.64. The first-order valence-corrected chi connectivity index (χ1v) is 7.46. The molecule has 3 aromatic rings. The number of anilines is 1. The van der Waals surface area contributed by atoms with Crippen LogP contribution in [-0.4, -0.2) is 26.1 Å². The Morgan fingerprint density at radius 2 is 2.14 bits per heavy atom. The van der Waals surface area contributed by atoms with Gasteiger partial charge >= 0.3 is 0 Å². The number of carbonyl (C=O) groups excluding carboxylic acids is 1. The topological polar surface area (TPSA) is 83.6 Å². The van der Waals surface area contributed by atoms with Crippen molar-refractivity contribution in [2.75, 3.05) is 5.32 Å². The Kier molecular flexibility index (Phi) is 4.06. The van der Waals surface area contributed by atoms with Gasteiger partial charge in [-0.05, 0) is 47.7 Å². The van der Waals surface area contributed by atoms with Crippen molar-refractivity contribution in [3.8, 4) is 10.7 Å². The Hall–Kier alpha value is -2.80. The van der Waals surface area contributed by atoms with E-state index in [1.54, 1.807) is 29.8 Å². The van der Waals surface area contributed by atoms with Crippen LogP contribution in [0.1, 0.15) is 11.1 Å². The molecular weight excluding hydrogens is 298 g/mol. The number of pyridine rings is 1. The number of nitrogens with one attached hydrogen (secondary N) is 2. The van der Waals surface area contributed by atoms with E-state index in [0.29, 0.717) is 5.82 Å². The molecule has 0 saturated heterocycles. The van der Waals surface area contributed by atoms with E-state index in [1.807, 2.05) is 30.5 Å². The minimum atomic E-state index is -0.287. The summed E-state index contributed by atoms with van der Waals surface area (Å²) >= 11 is 1.58. The monoisotopic (exact) mass is 311 g/mol. The lowest BCUT2D eigenvalue weighted by Crippen LogP contribution is -2.09. The molecule has 0 radical (unpaired) electrons. The molecule has 0 unspecified atom stereocenters. The highest BCUT2D eigenvalue weighted by Crippen LogP contribution is 2.26. The maximum atomic E-state index is 11.8. The molecule has 0 aliphatic rings. The first-order valence-electron chi connectivity index (χ1n) is 6.58. The number of aromatic amines is 1. The van der Waals surface area contributed by atoms with Gasteiger partial charge in [0.2, 0.25) is 5.95 Å². The van der Waals surface area contributed by atoms with Crippen molar-refractivity contribution in [1.29, 1.82) is 0 Å². The fourth-order valence-electron chi connectivity index (χ4n) is 1.83. The lowest BCUT2D eigenvalue weighted by molar-refractivity contribution is -0.111. The molecule has 0 bridgehead atoms. The number of nitrogens with zero attached hydrogens (tertiary/aromatic N) is 3. The maximum absolute atomic E-state index is 11.8. The molecule has 0 aliphatic carbocycles. The molecule has 0 fully saturated rings. The number of rotatable bonds is 4. The molecular formula is C15H13N5OS. The third-order valence-corrected chi connectivity index (χ3v) is 3.95. The summed E-state index contributed by atoms with van der Waals surface area (Å²) in [4.78, 5) is 21.1. The van der Waals surface area contributed by atoms with E-state index >= 15 is 0 Å². The SMILES string of the molecule is Cc1ccsc1-c1nc(NC(=O)/C=C\c2ccncc2)n[nH]1. The van der Waals surface area contributed by atoms with Gasteiger partial charge in [0.1, 0.15) is 0 Å². The van der Waals surface area contributed by atoms with Crippen LogP contribution in [0.2, 0.25) is 0 Å². The molecule has 0 atom stereocenters. The van der Waals surface area contributed by atoms with Crippen molar-refractivity contribution in [2.24, 2.45) is 0 Å². The van der Waals surface area contributed by atoms with E-state index in [1.165, 1.54) is 6.08 Å². The largest absolute Gasteiger partial charge is 0.290 e. The Labute approximate surface area is 131 Å². The number of amides is 1. The van der Waals surface area contributed by atoms with Gasteiger partial charge in [-0.15, -0.1) is 16.4 Å². The first kappa shape index (κ1) is 14.2. The number of H-pyrrole nitrogens is 1. The minimum Gasteiger partial charge on any atom is -0.290 e. The van der Waals surface area contributed by atoms with Gasteiger partial charge in [-0.2, -0.15) is 4.98 Å². The fourth-order valence-corrected chi connectivity index (χ4v) is 2.70. The average Bonchev–Trinajstić information content (AvgIpc) is 3.15. The predicted octanol–water partition coefficient (Wildman–Crippen LogP) is 2.89. The third-order valence-electron chi connectivity index (χ3n) is 2.93. The first-order chi connectivity index (χ1) is 10.7. The van der Waals surface area contributed by atoms with E-state index < -0.39 is 0 Å². The third kappa shape index (κ3) is 3.26. The highest BCUT2D eigenvalue weighted by atomic mass is 32.1. The average molecular weight is 311 g/mol. The lowest BCUT2D eigenvalue weighted by atomic mass is 10.2. The molecule has 110 valence electrons. The minimum absolute atomic E-state index is 0.257. The summed E-state index contributed by atoms with van der Waals surface area (Å²) in [6.45, 7) is 2.00. The van der Waals surface area contributed by atoms with Gasteiger partial charge in [0.25, 0.3) is 5.91 Å². The van der Waals surface area contributed by atoms with Gasteiger partial charge in [0.15, 0.2) is 5.82 Å². The van der Waals surface area contributed by atoms with Gasteiger partial charge in [0, 0.05) is 18.5 Å². The summed E-state index contributed by atoms with van der Waals surface area (Å²) < 4.78 is 0. The van der Waals surface area contributed by atoms with Crippen LogP contribution in [0.5, 0.6) is 0 Å². The number of hydrogen-bond donors (Lipinski definition) is 2. The van der Waals surface area contributed by atoms with Crippen molar-refractivity contribution >= 4 is 29.3 Å². The van der Waals surface area contributed by atoms with Crippen LogP contribution in [0.4, 0.5) is 5.95 Å². The molecule has 0 aromatic carbocycles. The maximum Gasteiger partial charge on any atom is 0.250 e. The second-order valence-electron chi connectivity index (χ2n) is 4.54. The van der Waals surface area contributed by atoms with Crippen molar-refractivity contribution < 1.29 is 4.79 Å². The molecule has 1 amide bonds. The summed E-state index contributed by atoms with van der Waals surface area (Å²) in [5.74, 6) is 0.623. The van der Waals surface area contributed by atoms with Crippen molar-refractivity contribution in [1.82, 2.24) is 20.2 Å². The number of carbonyl (C=O) groups is 1. The summed E-state index contributed by atoms with van der Waals surface area (Å²) in [6.07, 6.45) is 6.47. The normalized spacial score (nSPS) is 11.0. The van der Waals surface area contributed by atoms with Crippen LogP contribution in [0.3, 0.4) is 0 Å². The second kappa shape index (κ2) is 6.31. The van der Waals surface area contributed by atoms with Crippen molar-refractivity contribution in [2.45, 2.75) is 6.92 Å². The van der Waals surface area contributed by atoms with Crippen LogP contribution < -0.4 is 5.32 Å². The molecule has 3 aromatic heterocycles. The molecule has 3 heterocycles. The summed E-state index contributed by atoms with van der Waals surface area (Å²) in [5, 5.41) is 11.4. The Morgan fingerprint density at radius 3 is 2.86 bits per heavy atom. The Balaban J connectivity index is 1.67. The molecule has 0 aliphatic heterocycles. The second-order valence-corrected chi connectivity index (χ2v) is 5.46. The van der Waals surface area contributed by atoms with E-state index in [0.717, 1.165) is 16.0 Å². The van der Waals surface area contributed by atoms with Crippen molar-refractivity contribution in [3.05, 3.63) is 53.2 Å². The van der Waals surface area contributed by atoms with Crippen LogP contribution in [0.25, 0.3) is 16.8 Å². The van der Waals surface area contributed by atoms with Crippen LogP contribution in [-0.2, 0) is 4.79 Å². The van der Waals surface area contributed by atoms with Gasteiger partial charge in [-0.1, -0.05) is 0 Å². The number of thiophene rings is 1. The van der Waals surface area contributed by atoms with Gasteiger partial charge in [0.05, 0.1) is 4.88 Å². The molecule has 2 N–H and O–H groups in total. The van der Waals surface area contributed by atoms with E-state index in [2.05, 4.69) is 25.5 Å². The standard InChI is InChI=1S/C15H13N5OS/c1-10-6-9-22-13(10)14-18-15(20-19-14)17-12(21)3-2-11-4-7-16-8-5-11/h2-9H,1H3,(H2,17,18,19,20,21)/b3-2-. The number of hydrogen-bond acceptors (Lipinski definition) is 5. The Bertz CT molecular complexity index is 806. The highest BCUT2D eigenvalue weighted by molar-refractivity contribution is 7.13. The van der Waals surface area contributed by atoms with E-state index in [4.69, 9.17) is 0 Å². The summed E-state index contributed by atoms with van der Waals surface area (Å²) in [7, 11) is 0. The molecule has 3 rings (SSSR count). The predicted molar refractivity (Wildman–Crippen MR) is 86.3 cm³/mol. The van der Waals surface area contributed by atoms with Crippen LogP contribution in [0.15, 0.2) is 42.0 Å². The lowest BCUT2D eigenvalue weighted by Gasteiger charge is -1.95. The van der Waals surface area contributed by atoms with E-state index in [9.17, 15) is 4.79 Å². The molecule has 0 saturated carbocycles. The number of aromatic nitrogens is 4. The number of aryl methyl sites for hydroxylation is 1. The van der Waals surface area contributed by atoms with Crippen LogP contribution in [0, 0.1) is 6.92 Å². The summed E-state index contributed by atoms with van der Waals surface area (Å²) in [5.41, 5.74) is 2.02. The highest BCUT2D eigenvalue weighted by Gasteiger charge is 2.10. The fraction of sp³-hybridized carbons (Fsp3) is 0.0667. The zero-order valence-corrected chi connectivity index (χ0v) is 12.6. The van der Waals surface area contributed by atoms with Gasteiger partial charge in [-0.25, -0.2) is 0 Å². The van der Waals surface area contributed by atoms with Gasteiger partial charge in [-0.3, -0.25) is 20.2 Å². The molecule has 7 heteroatoms. The Morgan fingerprint density at radius 1 is 1.32 bits per heavy atom. The van der Waals surface area contributed by atoms with Crippen molar-refractivity contribution in [3.63, 3.8) is 0 Å².